The highest BCUT2D eigenvalue weighted by Gasteiger charge is 2.35. The van der Waals surface area contributed by atoms with Crippen molar-refractivity contribution in [2.45, 2.75) is 19.3 Å². The average molecular weight is 1360 g/mol. The highest BCUT2D eigenvalue weighted by molar-refractivity contribution is 6.29. The Labute approximate surface area is 622 Å². The van der Waals surface area contributed by atoms with Gasteiger partial charge < -0.3 is 0 Å². The molecular weight excluding hydrogens is 1290 g/mol. The summed E-state index contributed by atoms with van der Waals surface area (Å²) in [7, 11) is 0. The van der Waals surface area contributed by atoms with Gasteiger partial charge in [-0.2, -0.15) is 0 Å². The van der Waals surface area contributed by atoms with Crippen molar-refractivity contribution < 1.29 is 0 Å². The van der Waals surface area contributed by atoms with E-state index in [1.54, 1.807) is 0 Å². The molecule has 21 aromatic carbocycles. The third-order valence-corrected chi connectivity index (χ3v) is 23.5. The van der Waals surface area contributed by atoms with Crippen molar-refractivity contribution in [3.63, 3.8) is 0 Å². The number of benzene rings is 21. The van der Waals surface area contributed by atoms with E-state index in [1.807, 2.05) is 0 Å². The van der Waals surface area contributed by atoms with E-state index >= 15 is 0 Å². The zero-order chi connectivity index (χ0) is 70.8. The Hall–Kier alpha value is -13.5. The maximum Gasteiger partial charge on any atom is 0.0159 e. The maximum absolute atomic E-state index is 2.50. The third-order valence-electron chi connectivity index (χ3n) is 23.5. The molecule has 0 saturated heterocycles. The van der Waals surface area contributed by atoms with Gasteiger partial charge in [0.25, 0.3) is 0 Å². The van der Waals surface area contributed by atoms with Crippen LogP contribution in [0.3, 0.4) is 0 Å². The van der Waals surface area contributed by atoms with Crippen LogP contribution in [-0.4, -0.2) is 0 Å². The van der Waals surface area contributed by atoms with Gasteiger partial charge in [0.1, 0.15) is 0 Å². The van der Waals surface area contributed by atoms with Gasteiger partial charge in [0.15, 0.2) is 0 Å². The second-order valence-electron chi connectivity index (χ2n) is 29.6. The molecule has 0 amide bonds. The highest BCUT2D eigenvalue weighted by Crippen LogP contribution is 2.54. The summed E-state index contributed by atoms with van der Waals surface area (Å²) in [5.74, 6) is 0. The van der Waals surface area contributed by atoms with Gasteiger partial charge in [-0.1, -0.05) is 378 Å². The summed E-state index contributed by atoms with van der Waals surface area (Å²) in [5, 5.41) is 27.7. The minimum atomic E-state index is -0.0510. The van der Waals surface area contributed by atoms with E-state index in [2.05, 4.69) is 402 Å². The van der Waals surface area contributed by atoms with Crippen molar-refractivity contribution >= 4 is 118 Å². The molecule has 0 aromatic heterocycles. The highest BCUT2D eigenvalue weighted by atomic mass is 14.4. The van der Waals surface area contributed by atoms with E-state index in [0.717, 1.165) is 0 Å². The van der Waals surface area contributed by atoms with E-state index in [9.17, 15) is 0 Å². The van der Waals surface area contributed by atoms with Gasteiger partial charge in [0, 0.05) is 5.41 Å². The predicted molar refractivity (Wildman–Crippen MR) is 461 cm³/mol. The fourth-order valence-corrected chi connectivity index (χ4v) is 18.6. The van der Waals surface area contributed by atoms with Gasteiger partial charge in [-0.15, -0.1) is 0 Å². The number of hydrogen-bond donors (Lipinski definition) is 0. The SMILES string of the molecule is CC1(C)c2ccccc2-c2ccc(-c3ccc4c(-c5cccc6ccccc56)c5ccccc5c(-c5cccc6ccccc56)c4c3)cc21.c1ccc2cc(-c3c4ccccc4c(-c4ccc5c(-c6cccc7ccccc67)c6ccccc6c(-c6cccc7ccccc67)c5c4)c4ccccc34)ccc2c1. The minimum Gasteiger partial charge on any atom is -0.0619 e. The van der Waals surface area contributed by atoms with Crippen LogP contribution in [0.4, 0.5) is 0 Å². The van der Waals surface area contributed by atoms with Gasteiger partial charge in [-0.25, -0.2) is 0 Å². The Kier molecular flexibility index (Phi) is 14.4. The van der Waals surface area contributed by atoms with Gasteiger partial charge in [0.05, 0.1) is 0 Å². The summed E-state index contributed by atoms with van der Waals surface area (Å²) in [6.45, 7) is 4.73. The molecule has 0 radical (unpaired) electrons. The summed E-state index contributed by atoms with van der Waals surface area (Å²) < 4.78 is 0. The second kappa shape index (κ2) is 24.8. The molecule has 22 rings (SSSR count). The van der Waals surface area contributed by atoms with E-state index in [-0.39, 0.29) is 5.41 Å². The summed E-state index contributed by atoms with van der Waals surface area (Å²) in [6, 6.07) is 144. The molecule has 0 saturated carbocycles. The number of hydrogen-bond acceptors (Lipinski definition) is 0. The Morgan fingerprint density at radius 3 is 0.832 bits per heavy atom. The fourth-order valence-electron chi connectivity index (χ4n) is 18.6. The summed E-state index contributed by atoms with van der Waals surface area (Å²) in [4.78, 5) is 0. The zero-order valence-electron chi connectivity index (χ0n) is 59.5. The summed E-state index contributed by atoms with van der Waals surface area (Å²) in [6.07, 6.45) is 0. The first-order valence-corrected chi connectivity index (χ1v) is 37.5. The van der Waals surface area contributed by atoms with Crippen LogP contribution in [0, 0.1) is 0 Å². The van der Waals surface area contributed by atoms with E-state index in [4.69, 9.17) is 0 Å². The van der Waals surface area contributed by atoms with Crippen LogP contribution in [0.25, 0.3) is 208 Å². The van der Waals surface area contributed by atoms with Gasteiger partial charge in [-0.05, 0) is 243 Å². The van der Waals surface area contributed by atoms with Crippen molar-refractivity contribution in [1.29, 1.82) is 0 Å². The lowest BCUT2D eigenvalue weighted by atomic mass is 9.81. The van der Waals surface area contributed by atoms with Crippen LogP contribution in [0.2, 0.25) is 0 Å². The molecule has 0 heterocycles. The molecule has 0 N–H and O–H groups in total. The topological polar surface area (TPSA) is 0 Å². The first kappa shape index (κ1) is 62.1. The van der Waals surface area contributed by atoms with Gasteiger partial charge >= 0.3 is 0 Å². The molecule has 498 valence electrons. The van der Waals surface area contributed by atoms with Crippen LogP contribution >= 0.6 is 0 Å². The van der Waals surface area contributed by atoms with E-state index in [1.165, 1.54) is 219 Å². The van der Waals surface area contributed by atoms with Gasteiger partial charge in [-0.3, -0.25) is 0 Å². The Balaban J connectivity index is 0.000000139. The van der Waals surface area contributed by atoms with Crippen molar-refractivity contribution in [1.82, 2.24) is 0 Å². The molecule has 0 atom stereocenters. The predicted octanol–water partition coefficient (Wildman–Crippen LogP) is 30.0. The summed E-state index contributed by atoms with van der Waals surface area (Å²) >= 11 is 0. The number of fused-ring (bicyclic) bond motifs is 14. The van der Waals surface area contributed by atoms with Crippen LogP contribution in [0.5, 0.6) is 0 Å². The molecule has 107 heavy (non-hydrogen) atoms. The first-order chi connectivity index (χ1) is 52.9. The molecule has 0 spiro atoms. The molecule has 0 bridgehead atoms. The first-order valence-electron chi connectivity index (χ1n) is 37.5. The lowest BCUT2D eigenvalue weighted by molar-refractivity contribution is 0.660. The van der Waals surface area contributed by atoms with Crippen molar-refractivity contribution in [2.24, 2.45) is 0 Å². The zero-order valence-corrected chi connectivity index (χ0v) is 59.5. The monoisotopic (exact) mass is 1350 g/mol. The fraction of sp³-hybridized carbons (Fsp3) is 0.0280. The second-order valence-corrected chi connectivity index (χ2v) is 29.6. The van der Waals surface area contributed by atoms with E-state index in [0.29, 0.717) is 0 Å². The van der Waals surface area contributed by atoms with Crippen LogP contribution in [-0.2, 0) is 5.41 Å². The normalized spacial score (nSPS) is 12.5. The molecule has 0 unspecified atom stereocenters. The van der Waals surface area contributed by atoms with Gasteiger partial charge in [0.2, 0.25) is 0 Å². The smallest absolute Gasteiger partial charge is 0.0159 e. The molecule has 0 heteroatoms. The number of rotatable bonds is 7. The van der Waals surface area contributed by atoms with Crippen molar-refractivity contribution in [3.8, 4) is 89.0 Å². The van der Waals surface area contributed by atoms with Crippen LogP contribution < -0.4 is 0 Å². The molecule has 21 aromatic rings. The Morgan fingerprint density at radius 2 is 0.402 bits per heavy atom. The van der Waals surface area contributed by atoms with Crippen molar-refractivity contribution in [2.75, 3.05) is 0 Å². The van der Waals surface area contributed by atoms with E-state index < -0.39 is 0 Å². The molecule has 1 aliphatic carbocycles. The molecule has 1 aliphatic rings. The maximum atomic E-state index is 2.50. The van der Waals surface area contributed by atoms with Crippen molar-refractivity contribution in [3.05, 3.63) is 399 Å². The lowest BCUT2D eigenvalue weighted by Gasteiger charge is -2.22. The Bertz CT molecular complexity index is 7210. The third kappa shape index (κ3) is 9.90. The van der Waals surface area contributed by atoms with Crippen LogP contribution in [0.1, 0.15) is 25.0 Å². The van der Waals surface area contributed by atoms with Crippen LogP contribution in [0.15, 0.2) is 388 Å². The molecule has 0 nitrogen and oxygen atoms in total. The summed E-state index contributed by atoms with van der Waals surface area (Å²) in [5.41, 5.74) is 23.1. The minimum absolute atomic E-state index is 0.0510. The molecule has 0 aliphatic heterocycles. The standard InChI is InChI=1S/C58H36.C49H34/c1-2-18-40-35-41(32-31-37(40)15-1)55-47-23-7-9-25-49(47)56(50-26-10-8-24-48(50)55)42-33-34-53-54(36-42)58(46-30-14-20-39-17-4-6-22-44(39)46)52-28-12-11-27-51(52)57(53)45-29-13-19-38-16-3-5-21-43(38)45;1-49(2)45-24-10-9-19-37(45)38-27-25-34(30-46(38)49)33-26-28-43-44(29-33)48(40-23-12-16-32-14-4-6-18-36(32)40)42-21-8-7-20-41(42)47(43)39-22-11-15-31-13-3-5-17-35(31)39/h1-36H;3-30H,1-2H3. The largest absolute Gasteiger partial charge is 0.0619 e. The quantitative estimate of drug-likeness (QED) is 0.140. The average Bonchev–Trinajstić information content (AvgIpc) is 1.31. The lowest BCUT2D eigenvalue weighted by Crippen LogP contribution is -2.14. The Morgan fingerprint density at radius 1 is 0.140 bits per heavy atom. The molecule has 0 fully saturated rings. The molecular formula is C107H70.